The Morgan fingerprint density at radius 2 is 1.82 bits per heavy atom. The molecule has 0 bridgehead atoms. The van der Waals surface area contributed by atoms with Gasteiger partial charge in [0.2, 0.25) is 0 Å². The van der Waals surface area contributed by atoms with Crippen LogP contribution in [0.3, 0.4) is 0 Å². The van der Waals surface area contributed by atoms with Gasteiger partial charge in [0.05, 0.1) is 12.7 Å². The Kier molecular flexibility index (Phi) is 5.81. The fourth-order valence-corrected chi connectivity index (χ4v) is 2.63. The first kappa shape index (κ1) is 17.2. The second-order valence-corrected chi connectivity index (χ2v) is 7.40. The molecular formula is C18H31N3O. The van der Waals surface area contributed by atoms with Crippen LogP contribution in [0.5, 0.6) is 0 Å². The third-order valence-corrected chi connectivity index (χ3v) is 4.17. The highest BCUT2D eigenvalue weighted by Crippen LogP contribution is 2.23. The molecule has 0 amide bonds. The number of hydrogen-bond acceptors (Lipinski definition) is 4. The number of rotatable bonds is 5. The number of nitrogens with zero attached hydrogens (tertiary/aromatic N) is 3. The van der Waals surface area contributed by atoms with Gasteiger partial charge in [0.1, 0.15) is 5.82 Å². The van der Waals surface area contributed by atoms with Gasteiger partial charge < -0.3 is 9.64 Å². The molecule has 1 saturated heterocycles. The van der Waals surface area contributed by atoms with Crippen molar-refractivity contribution in [3.8, 4) is 0 Å². The lowest BCUT2D eigenvalue weighted by Gasteiger charge is -2.35. The summed E-state index contributed by atoms with van der Waals surface area (Å²) in [6, 6.07) is 4.38. The average Bonchev–Trinajstić information content (AvgIpc) is 2.47. The molecule has 1 aromatic heterocycles. The van der Waals surface area contributed by atoms with Crippen molar-refractivity contribution in [2.75, 3.05) is 44.2 Å². The summed E-state index contributed by atoms with van der Waals surface area (Å²) >= 11 is 0. The summed E-state index contributed by atoms with van der Waals surface area (Å²) in [4.78, 5) is 9.52. The quantitative estimate of drug-likeness (QED) is 0.836. The normalized spacial score (nSPS) is 17.3. The zero-order valence-corrected chi connectivity index (χ0v) is 14.8. The molecule has 1 fully saturated rings. The molecule has 4 heteroatoms. The lowest BCUT2D eigenvalue weighted by atomic mass is 9.88. The molecule has 0 radical (unpaired) electrons. The molecule has 0 spiro atoms. The van der Waals surface area contributed by atoms with Crippen molar-refractivity contribution in [1.82, 2.24) is 9.88 Å². The monoisotopic (exact) mass is 305 g/mol. The molecule has 1 aliphatic heterocycles. The van der Waals surface area contributed by atoms with Crippen molar-refractivity contribution in [1.29, 1.82) is 0 Å². The fraction of sp³-hybridized carbons (Fsp3) is 0.722. The van der Waals surface area contributed by atoms with Crippen LogP contribution >= 0.6 is 0 Å². The molecule has 1 aromatic rings. The van der Waals surface area contributed by atoms with Gasteiger partial charge in [-0.05, 0) is 30.9 Å². The van der Waals surface area contributed by atoms with E-state index in [9.17, 15) is 0 Å². The Hall–Kier alpha value is -1.13. The highest BCUT2D eigenvalue weighted by molar-refractivity contribution is 5.41. The second-order valence-electron chi connectivity index (χ2n) is 7.40. The number of ether oxygens (including phenoxy) is 1. The molecule has 0 aromatic carbocycles. The van der Waals surface area contributed by atoms with Gasteiger partial charge in [0.25, 0.3) is 0 Å². The van der Waals surface area contributed by atoms with Crippen molar-refractivity contribution in [2.24, 2.45) is 0 Å². The Labute approximate surface area is 135 Å². The summed E-state index contributed by atoms with van der Waals surface area (Å²) in [5.41, 5.74) is 1.46. The maximum absolute atomic E-state index is 5.63. The van der Waals surface area contributed by atoms with Gasteiger partial charge in [-0.25, -0.2) is 4.98 Å². The van der Waals surface area contributed by atoms with E-state index in [1.54, 1.807) is 0 Å². The lowest BCUT2D eigenvalue weighted by molar-refractivity contribution is 0.0578. The maximum atomic E-state index is 5.63. The molecule has 0 atom stereocenters. The van der Waals surface area contributed by atoms with E-state index in [-0.39, 0.29) is 5.41 Å². The van der Waals surface area contributed by atoms with Crippen molar-refractivity contribution in [3.63, 3.8) is 0 Å². The predicted octanol–water partition coefficient (Wildman–Crippen LogP) is 2.93. The van der Waals surface area contributed by atoms with Crippen molar-refractivity contribution in [3.05, 3.63) is 23.9 Å². The van der Waals surface area contributed by atoms with Crippen LogP contribution in [0.15, 0.2) is 18.3 Å². The molecule has 0 N–H and O–H groups in total. The van der Waals surface area contributed by atoms with Gasteiger partial charge in [-0.15, -0.1) is 0 Å². The minimum absolute atomic E-state index is 0.167. The van der Waals surface area contributed by atoms with Gasteiger partial charge in [-0.3, -0.25) is 4.90 Å². The summed E-state index contributed by atoms with van der Waals surface area (Å²) in [6.07, 6.45) is 2.35. The Morgan fingerprint density at radius 3 is 2.32 bits per heavy atom. The largest absolute Gasteiger partial charge is 0.377 e. The zero-order valence-electron chi connectivity index (χ0n) is 14.8. The van der Waals surface area contributed by atoms with Gasteiger partial charge in [-0.1, -0.05) is 26.8 Å². The first-order chi connectivity index (χ1) is 10.4. The Morgan fingerprint density at radius 1 is 1.14 bits per heavy atom. The molecule has 124 valence electrons. The minimum Gasteiger partial charge on any atom is -0.377 e. The molecule has 2 rings (SSSR count). The standard InChI is InChI=1S/C18H31N3O/c1-15(2)22-13-12-20-8-10-21(11-9-20)17-7-6-16(14-19-17)18(3,4)5/h6-7,14-15H,8-13H2,1-5H3. The molecule has 0 unspecified atom stereocenters. The average molecular weight is 305 g/mol. The molecule has 1 aliphatic rings. The van der Waals surface area contributed by atoms with Crippen LogP contribution in [0, 0.1) is 0 Å². The molecule has 2 heterocycles. The van der Waals surface area contributed by atoms with E-state index >= 15 is 0 Å². The second kappa shape index (κ2) is 7.42. The van der Waals surface area contributed by atoms with Crippen LogP contribution in [-0.4, -0.2) is 55.3 Å². The van der Waals surface area contributed by atoms with Crippen molar-refractivity contribution >= 4 is 5.82 Å². The van der Waals surface area contributed by atoms with E-state index in [1.807, 2.05) is 6.20 Å². The fourth-order valence-electron chi connectivity index (χ4n) is 2.63. The number of pyridine rings is 1. The third-order valence-electron chi connectivity index (χ3n) is 4.17. The SMILES string of the molecule is CC(C)OCCN1CCN(c2ccc(C(C)(C)C)cn2)CC1. The first-order valence-corrected chi connectivity index (χ1v) is 8.41. The van der Waals surface area contributed by atoms with E-state index in [4.69, 9.17) is 4.74 Å². The number of piperazine rings is 1. The molecule has 0 saturated carbocycles. The van der Waals surface area contributed by atoms with Crippen LogP contribution in [0.1, 0.15) is 40.2 Å². The zero-order chi connectivity index (χ0) is 16.2. The van der Waals surface area contributed by atoms with E-state index < -0.39 is 0 Å². The minimum atomic E-state index is 0.167. The van der Waals surface area contributed by atoms with E-state index in [2.05, 4.69) is 61.5 Å². The number of anilines is 1. The molecule has 0 aliphatic carbocycles. The van der Waals surface area contributed by atoms with Crippen molar-refractivity contribution in [2.45, 2.75) is 46.1 Å². The summed E-state index contributed by atoms with van der Waals surface area (Å²) < 4.78 is 5.63. The van der Waals surface area contributed by atoms with E-state index in [0.717, 1.165) is 45.1 Å². The summed E-state index contributed by atoms with van der Waals surface area (Å²) in [5.74, 6) is 1.10. The Bertz CT molecular complexity index is 442. The summed E-state index contributed by atoms with van der Waals surface area (Å²) in [5, 5.41) is 0. The number of aromatic nitrogens is 1. The molecular weight excluding hydrogens is 274 g/mol. The lowest BCUT2D eigenvalue weighted by Crippen LogP contribution is -2.47. The summed E-state index contributed by atoms with van der Waals surface area (Å²) in [7, 11) is 0. The van der Waals surface area contributed by atoms with Gasteiger partial charge in [0, 0.05) is 38.9 Å². The molecule has 4 nitrogen and oxygen atoms in total. The third kappa shape index (κ3) is 4.96. The van der Waals surface area contributed by atoms with Crippen LogP contribution in [0.2, 0.25) is 0 Å². The Balaban J connectivity index is 1.81. The highest BCUT2D eigenvalue weighted by atomic mass is 16.5. The van der Waals surface area contributed by atoms with E-state index in [0.29, 0.717) is 6.10 Å². The van der Waals surface area contributed by atoms with Gasteiger partial charge >= 0.3 is 0 Å². The topological polar surface area (TPSA) is 28.6 Å². The van der Waals surface area contributed by atoms with Crippen LogP contribution < -0.4 is 4.90 Å². The van der Waals surface area contributed by atoms with E-state index in [1.165, 1.54) is 5.56 Å². The van der Waals surface area contributed by atoms with Crippen LogP contribution in [0.4, 0.5) is 5.82 Å². The first-order valence-electron chi connectivity index (χ1n) is 8.41. The van der Waals surface area contributed by atoms with Gasteiger partial charge in [-0.2, -0.15) is 0 Å². The van der Waals surface area contributed by atoms with Crippen molar-refractivity contribution < 1.29 is 4.74 Å². The van der Waals surface area contributed by atoms with Gasteiger partial charge in [0.15, 0.2) is 0 Å². The smallest absolute Gasteiger partial charge is 0.128 e. The predicted molar refractivity (Wildman–Crippen MR) is 92.7 cm³/mol. The maximum Gasteiger partial charge on any atom is 0.128 e. The molecule has 22 heavy (non-hydrogen) atoms. The van der Waals surface area contributed by atoms with Crippen LogP contribution in [0.25, 0.3) is 0 Å². The summed E-state index contributed by atoms with van der Waals surface area (Å²) in [6.45, 7) is 17.0. The highest BCUT2D eigenvalue weighted by Gasteiger charge is 2.19. The number of hydrogen-bond donors (Lipinski definition) is 0. The van der Waals surface area contributed by atoms with Crippen LogP contribution in [-0.2, 0) is 10.2 Å².